The first-order chi connectivity index (χ1) is 7.40. The molecule has 15 heavy (non-hydrogen) atoms. The average Bonchev–Trinajstić information content (AvgIpc) is 2.76. The van der Waals surface area contributed by atoms with E-state index in [0.29, 0.717) is 0 Å². The molecule has 2 nitrogen and oxygen atoms in total. The fourth-order valence-electron chi connectivity index (χ4n) is 2.27. The molecule has 1 aliphatic heterocycles. The number of rotatable bonds is 0. The minimum Gasteiger partial charge on any atom is -0.320 e. The number of allylic oxidation sites excluding steroid dienone is 5. The van der Waals surface area contributed by atoms with E-state index in [0.717, 1.165) is 17.7 Å². The van der Waals surface area contributed by atoms with Crippen molar-refractivity contribution in [3.8, 4) is 6.07 Å². The molecule has 72 valence electrons. The van der Waals surface area contributed by atoms with Crippen molar-refractivity contribution in [2.45, 2.75) is 6.42 Å². The lowest BCUT2D eigenvalue weighted by Gasteiger charge is -2.27. The molecule has 0 aromatic carbocycles. The van der Waals surface area contributed by atoms with Crippen molar-refractivity contribution >= 4 is 11.8 Å². The van der Waals surface area contributed by atoms with Crippen LogP contribution in [0.25, 0.3) is 11.8 Å². The van der Waals surface area contributed by atoms with Gasteiger partial charge >= 0.3 is 0 Å². The molecule has 1 unspecified atom stereocenters. The number of nitrogens with zero attached hydrogens (tertiary/aromatic N) is 2. The topological polar surface area (TPSA) is 28.7 Å². The Morgan fingerprint density at radius 2 is 2.40 bits per heavy atom. The molecular formula is C13H10N2. The van der Waals surface area contributed by atoms with E-state index < -0.39 is 0 Å². The van der Waals surface area contributed by atoms with Crippen LogP contribution in [-0.2, 0) is 0 Å². The summed E-state index contributed by atoms with van der Waals surface area (Å²) in [6.07, 6.45) is 11.3. The van der Waals surface area contributed by atoms with Crippen molar-refractivity contribution < 1.29 is 0 Å². The monoisotopic (exact) mass is 194 g/mol. The first-order valence-corrected chi connectivity index (χ1v) is 5.06. The van der Waals surface area contributed by atoms with Crippen LogP contribution in [0, 0.1) is 17.2 Å². The quantitative estimate of drug-likeness (QED) is 0.624. The molecule has 2 heteroatoms. The number of nitriles is 1. The van der Waals surface area contributed by atoms with Gasteiger partial charge in [-0.3, -0.25) is 0 Å². The molecule has 0 saturated heterocycles. The summed E-state index contributed by atoms with van der Waals surface area (Å²) in [5.41, 5.74) is 3.19. The molecule has 0 N–H and O–H groups in total. The summed E-state index contributed by atoms with van der Waals surface area (Å²) < 4.78 is 2.16. The third-order valence-electron chi connectivity index (χ3n) is 3.00. The standard InChI is InChI=1S/C13H10N2/c14-9-10-8-11-4-3-7-15(11)13-6-2-1-5-12(10)13/h1-4,6-8,12H,5H2. The Bertz CT molecular complexity index is 535. The molecule has 1 aromatic rings. The second-order valence-electron chi connectivity index (χ2n) is 3.82. The minimum absolute atomic E-state index is 0.250. The number of hydrogen-bond donors (Lipinski definition) is 0. The molecular weight excluding hydrogens is 184 g/mol. The molecule has 0 bridgehead atoms. The van der Waals surface area contributed by atoms with Gasteiger partial charge in [0.15, 0.2) is 0 Å². The average molecular weight is 194 g/mol. The van der Waals surface area contributed by atoms with Crippen LogP contribution in [0.3, 0.4) is 0 Å². The Morgan fingerprint density at radius 1 is 1.47 bits per heavy atom. The van der Waals surface area contributed by atoms with Crippen LogP contribution in [0.1, 0.15) is 12.1 Å². The van der Waals surface area contributed by atoms with Crippen molar-refractivity contribution in [2.24, 2.45) is 5.92 Å². The molecule has 0 fully saturated rings. The van der Waals surface area contributed by atoms with Gasteiger partial charge in [0.2, 0.25) is 0 Å². The highest BCUT2D eigenvalue weighted by Crippen LogP contribution is 2.36. The van der Waals surface area contributed by atoms with Crippen LogP contribution in [0.4, 0.5) is 0 Å². The third kappa shape index (κ3) is 1.10. The van der Waals surface area contributed by atoms with Crippen molar-refractivity contribution in [2.75, 3.05) is 0 Å². The third-order valence-corrected chi connectivity index (χ3v) is 3.00. The summed E-state index contributed by atoms with van der Waals surface area (Å²) in [7, 11) is 0. The van der Waals surface area contributed by atoms with Crippen molar-refractivity contribution in [3.05, 3.63) is 47.8 Å². The highest BCUT2D eigenvalue weighted by Gasteiger charge is 2.25. The predicted molar refractivity (Wildman–Crippen MR) is 59.5 cm³/mol. The van der Waals surface area contributed by atoms with Crippen molar-refractivity contribution in [1.82, 2.24) is 4.57 Å². The Kier molecular flexibility index (Phi) is 1.66. The van der Waals surface area contributed by atoms with Gasteiger partial charge in [0.05, 0.1) is 6.07 Å². The molecule has 2 heterocycles. The highest BCUT2D eigenvalue weighted by molar-refractivity contribution is 5.73. The zero-order valence-corrected chi connectivity index (χ0v) is 8.22. The van der Waals surface area contributed by atoms with Gasteiger partial charge in [-0.2, -0.15) is 5.26 Å². The maximum absolute atomic E-state index is 9.11. The lowest BCUT2D eigenvalue weighted by Crippen LogP contribution is -2.17. The summed E-state index contributed by atoms with van der Waals surface area (Å²) >= 11 is 0. The van der Waals surface area contributed by atoms with Crippen molar-refractivity contribution in [3.63, 3.8) is 0 Å². The van der Waals surface area contributed by atoms with E-state index in [4.69, 9.17) is 5.26 Å². The summed E-state index contributed by atoms with van der Waals surface area (Å²) in [6.45, 7) is 0. The van der Waals surface area contributed by atoms with Gasteiger partial charge in [0.1, 0.15) is 0 Å². The smallest absolute Gasteiger partial charge is 0.0955 e. The number of fused-ring (bicyclic) bond motifs is 3. The summed E-state index contributed by atoms with van der Waals surface area (Å²) in [4.78, 5) is 0. The minimum atomic E-state index is 0.250. The van der Waals surface area contributed by atoms with E-state index >= 15 is 0 Å². The van der Waals surface area contributed by atoms with Gasteiger partial charge in [-0.25, -0.2) is 0 Å². The Morgan fingerprint density at radius 3 is 3.27 bits per heavy atom. The predicted octanol–water partition coefficient (Wildman–Crippen LogP) is 2.83. The lowest BCUT2D eigenvalue weighted by molar-refractivity contribution is 0.749. The second-order valence-corrected chi connectivity index (χ2v) is 3.82. The van der Waals surface area contributed by atoms with Gasteiger partial charge < -0.3 is 4.57 Å². The van der Waals surface area contributed by atoms with E-state index in [2.05, 4.69) is 35.1 Å². The van der Waals surface area contributed by atoms with Crippen LogP contribution in [0.15, 0.2) is 42.1 Å². The largest absolute Gasteiger partial charge is 0.320 e. The Balaban J connectivity index is 2.25. The lowest BCUT2D eigenvalue weighted by atomic mass is 9.87. The SMILES string of the molecule is N#CC1=Cc2cccn2C2=CC=CCC12. The first-order valence-electron chi connectivity index (χ1n) is 5.06. The highest BCUT2D eigenvalue weighted by atomic mass is 15.0. The van der Waals surface area contributed by atoms with E-state index in [1.807, 2.05) is 18.2 Å². The van der Waals surface area contributed by atoms with Crippen LogP contribution >= 0.6 is 0 Å². The van der Waals surface area contributed by atoms with Crippen LogP contribution in [0.5, 0.6) is 0 Å². The maximum Gasteiger partial charge on any atom is 0.0955 e. The fourth-order valence-corrected chi connectivity index (χ4v) is 2.27. The van der Waals surface area contributed by atoms with Gasteiger partial charge in [0.25, 0.3) is 0 Å². The molecule has 0 amide bonds. The summed E-state index contributed by atoms with van der Waals surface area (Å²) in [6, 6.07) is 6.36. The van der Waals surface area contributed by atoms with E-state index in [1.54, 1.807) is 0 Å². The van der Waals surface area contributed by atoms with Gasteiger partial charge in [-0.05, 0) is 30.7 Å². The Labute approximate surface area is 88.4 Å². The summed E-state index contributed by atoms with van der Waals surface area (Å²) in [5, 5.41) is 9.11. The maximum atomic E-state index is 9.11. The van der Waals surface area contributed by atoms with Crippen LogP contribution in [0.2, 0.25) is 0 Å². The molecule has 2 aliphatic rings. The molecule has 1 aliphatic carbocycles. The van der Waals surface area contributed by atoms with E-state index in [9.17, 15) is 0 Å². The molecule has 0 spiro atoms. The normalized spacial score (nSPS) is 22.2. The van der Waals surface area contributed by atoms with E-state index in [1.165, 1.54) is 5.70 Å². The zero-order valence-electron chi connectivity index (χ0n) is 8.22. The first kappa shape index (κ1) is 8.31. The number of aromatic nitrogens is 1. The van der Waals surface area contributed by atoms with E-state index in [-0.39, 0.29) is 5.92 Å². The molecule has 3 rings (SSSR count). The van der Waals surface area contributed by atoms with Gasteiger partial charge in [0, 0.05) is 29.1 Å². The molecule has 1 atom stereocenters. The zero-order chi connectivity index (χ0) is 10.3. The van der Waals surface area contributed by atoms with Gasteiger partial charge in [-0.15, -0.1) is 0 Å². The van der Waals surface area contributed by atoms with Gasteiger partial charge in [-0.1, -0.05) is 12.2 Å². The number of hydrogen-bond acceptors (Lipinski definition) is 1. The Hall–Kier alpha value is -2.01. The van der Waals surface area contributed by atoms with Crippen molar-refractivity contribution in [1.29, 1.82) is 5.26 Å². The molecule has 0 radical (unpaired) electrons. The summed E-state index contributed by atoms with van der Waals surface area (Å²) in [5.74, 6) is 0.250. The fraction of sp³-hybridized carbons (Fsp3) is 0.154. The molecule has 1 aromatic heterocycles. The van der Waals surface area contributed by atoms with Crippen LogP contribution in [-0.4, -0.2) is 4.57 Å². The molecule has 0 saturated carbocycles. The second kappa shape index (κ2) is 2.99. The van der Waals surface area contributed by atoms with Crippen LogP contribution < -0.4 is 0 Å².